The second-order valence-corrected chi connectivity index (χ2v) is 34.8. The van der Waals surface area contributed by atoms with E-state index in [0.717, 1.165) is 58.7 Å². The molecule has 12 aromatic rings. The van der Waals surface area contributed by atoms with E-state index in [1.807, 2.05) is 28.8 Å². The zero-order valence-electron chi connectivity index (χ0n) is 66.2. The van der Waals surface area contributed by atoms with Crippen LogP contribution in [-0.4, -0.2) is 130 Å². The number of aromatic nitrogens is 18. The number of amides is 2. The second-order valence-electron chi connectivity index (χ2n) is 33.2. The van der Waals surface area contributed by atoms with Crippen molar-refractivity contribution in [2.75, 3.05) is 16.4 Å². The molecule has 0 unspecified atom stereocenters. The summed E-state index contributed by atoms with van der Waals surface area (Å²) in [4.78, 5) is 89.7. The van der Waals surface area contributed by atoms with Gasteiger partial charge in [0.15, 0.2) is 0 Å². The lowest BCUT2D eigenvalue weighted by Gasteiger charge is -2.20. The van der Waals surface area contributed by atoms with Crippen LogP contribution in [-0.2, 0) is 9.47 Å². The zero-order valence-corrected chi connectivity index (χ0v) is 69.2. The zero-order chi connectivity index (χ0) is 86.4. The molecule has 0 spiro atoms. The summed E-state index contributed by atoms with van der Waals surface area (Å²) in [5.41, 5.74) is 16.4. The van der Waals surface area contributed by atoms with E-state index in [1.165, 1.54) is 69.4 Å². The number of carbonyl (C=O) groups is 2. The van der Waals surface area contributed by atoms with Crippen molar-refractivity contribution in [2.45, 2.75) is 127 Å². The van der Waals surface area contributed by atoms with Gasteiger partial charge in [0.2, 0.25) is 23.8 Å². The van der Waals surface area contributed by atoms with Crippen LogP contribution < -0.4 is 33.0 Å². The third kappa shape index (κ3) is 15.3. The van der Waals surface area contributed by atoms with E-state index in [4.69, 9.17) is 61.6 Å². The van der Waals surface area contributed by atoms with Crippen molar-refractivity contribution in [1.29, 1.82) is 0 Å². The Balaban J connectivity index is 0.000000122. The fraction of sp³-hybridized carbons (Fsp3) is 0.271. The summed E-state index contributed by atoms with van der Waals surface area (Å²) >= 11 is 25.5. The van der Waals surface area contributed by atoms with Gasteiger partial charge in [-0.1, -0.05) is 46.4 Å². The molecule has 31 nitrogen and oxygen atoms in total. The number of allylic oxidation sites excluding steroid dienone is 3. The molecule has 3 aliphatic carbocycles. The molecule has 3 fully saturated rings. The molecule has 3 aromatic carbocycles. The fourth-order valence-electron chi connectivity index (χ4n) is 17.6. The lowest BCUT2D eigenvalue weighted by atomic mass is 9.98. The smallest absolute Gasteiger partial charge is 0.413 e. The Morgan fingerprint density at radius 1 is 0.452 bits per heavy atom. The van der Waals surface area contributed by atoms with E-state index < -0.39 is 53.2 Å². The van der Waals surface area contributed by atoms with Gasteiger partial charge < -0.3 is 28.9 Å². The summed E-state index contributed by atoms with van der Waals surface area (Å²) in [7, 11) is 0. The van der Waals surface area contributed by atoms with Crippen LogP contribution in [0, 0.1) is 35.6 Å². The monoisotopic (exact) mass is 1750 g/mol. The molecule has 2 amide bonds. The van der Waals surface area contributed by atoms with Crippen LogP contribution in [0.2, 0.25) is 15.1 Å². The third-order valence-electron chi connectivity index (χ3n) is 22.9. The first-order valence-corrected chi connectivity index (χ1v) is 40.8. The first-order valence-electron chi connectivity index (χ1n) is 39.2. The van der Waals surface area contributed by atoms with E-state index in [1.54, 1.807) is 124 Å². The average Bonchev–Trinajstić information content (AvgIpc) is 1.55. The Bertz CT molecular complexity index is 6900. The Labute approximate surface area is 719 Å². The van der Waals surface area contributed by atoms with Crippen LogP contribution in [0.15, 0.2) is 193 Å². The number of ether oxygens (including phenoxy) is 2. The van der Waals surface area contributed by atoms with E-state index >= 15 is 8.78 Å². The molecule has 21 rings (SSSR count). The molecule has 9 aliphatic rings. The van der Waals surface area contributed by atoms with Crippen LogP contribution in [0.25, 0.3) is 67.2 Å². The summed E-state index contributed by atoms with van der Waals surface area (Å²) in [6.45, 7) is 10.4. The van der Waals surface area contributed by atoms with Crippen LogP contribution in [0.3, 0.4) is 0 Å². The summed E-state index contributed by atoms with van der Waals surface area (Å²) < 4.78 is 79.9. The first-order chi connectivity index (χ1) is 59.4. The van der Waals surface area contributed by atoms with Crippen molar-refractivity contribution in [3.8, 4) is 50.4 Å². The molecule has 6 aliphatic heterocycles. The predicted octanol–water partition coefficient (Wildman–Crippen LogP) is 15.8. The maximum Gasteiger partial charge on any atom is 0.413 e. The minimum absolute atomic E-state index is 0.00667. The molecule has 0 saturated heterocycles. The molecule has 39 heteroatoms. The maximum absolute atomic E-state index is 15.2. The molecule has 15 heterocycles. The largest absolute Gasteiger partial charge is 0.444 e. The van der Waals surface area contributed by atoms with Crippen molar-refractivity contribution in [2.24, 2.45) is 32.7 Å². The van der Waals surface area contributed by atoms with E-state index in [2.05, 4.69) is 87.1 Å². The molecule has 626 valence electrons. The number of hydrogen-bond acceptors (Lipinski definition) is 23. The molecule has 0 radical (unpaired) electrons. The molecule has 3 saturated carbocycles. The topological polar surface area (TPSA) is 375 Å². The number of nitrogens with one attached hydrogen (secondary N) is 2. The molecule has 0 bridgehead atoms. The highest BCUT2D eigenvalue weighted by Gasteiger charge is 2.58. The van der Waals surface area contributed by atoms with Gasteiger partial charge in [-0.2, -0.15) is 31.6 Å². The van der Waals surface area contributed by atoms with Gasteiger partial charge in [0.25, 0.3) is 16.7 Å². The minimum Gasteiger partial charge on any atom is -0.444 e. The van der Waals surface area contributed by atoms with Crippen LogP contribution >= 0.6 is 46.4 Å². The number of nitrogens with two attached hydrogens (primary N) is 1. The molecule has 9 aromatic heterocycles. The molecule has 9 atom stereocenters. The van der Waals surface area contributed by atoms with Gasteiger partial charge in [0, 0.05) is 155 Å². The van der Waals surface area contributed by atoms with Crippen LogP contribution in [0.5, 0.6) is 0 Å². The van der Waals surface area contributed by atoms with E-state index in [9.17, 15) is 32.8 Å². The van der Waals surface area contributed by atoms with Crippen molar-refractivity contribution >= 4 is 110 Å². The van der Waals surface area contributed by atoms with Gasteiger partial charge >= 0.3 is 12.2 Å². The van der Waals surface area contributed by atoms with Crippen molar-refractivity contribution in [1.82, 2.24) is 89.3 Å². The molecular weight excluding hydrogens is 1690 g/mol. The summed E-state index contributed by atoms with van der Waals surface area (Å²) in [5, 5.41) is 40.9. The Hall–Kier alpha value is -13.4. The SMILES string of the molecule is CC(C)(C)OC(=O)Nc1ccc(C2=C(Cl)N=C([C@@H]3[C@H]4C[C@H]4c4cc(-c5cc(Cl)ccc5-n5cnnn5)cc(=O)n43)C2)c(F)n1.CC(C)(C)OC(=O)Nc1ccc(C2=CN=C([C@@H]3[C@H]4C[C@H]4c4cc(-c5cc(Cl)ccc5-n5cnnn5)cc(=O)n43)C2)c(F)n1.Nc1ccc(C2=C(F)N=C([C@@H]3[C@H]4C[C@H]4c4cc(-c5cc(Cl)ccc5-n5cnnn5)cc(=O)n43)C2)c(F)n1. The van der Waals surface area contributed by atoms with Gasteiger partial charge in [-0.15, -0.1) is 15.3 Å². The highest BCUT2D eigenvalue weighted by molar-refractivity contribution is 6.35. The van der Waals surface area contributed by atoms with Gasteiger partial charge in [-0.05, 0) is 241 Å². The predicted molar refractivity (Wildman–Crippen MR) is 453 cm³/mol. The molecular formula is C85H68Cl4F4N24O7. The highest BCUT2D eigenvalue weighted by Crippen LogP contribution is 2.63. The number of pyridine rings is 6. The number of rotatable bonds is 14. The Kier molecular flexibility index (Phi) is 20.0. The normalized spacial score (nSPS) is 20.7. The second kappa shape index (κ2) is 30.9. The van der Waals surface area contributed by atoms with E-state index in [0.29, 0.717) is 77.8 Å². The summed E-state index contributed by atoms with van der Waals surface area (Å²) in [5.74, 6) is -1.95. The molecule has 124 heavy (non-hydrogen) atoms. The number of nitrogens with zero attached hydrogens (tertiary/aromatic N) is 21. The van der Waals surface area contributed by atoms with Gasteiger partial charge in [-0.3, -0.25) is 30.0 Å². The summed E-state index contributed by atoms with van der Waals surface area (Å²) in [6.07, 6.45) is 8.06. The van der Waals surface area contributed by atoms with Crippen LogP contribution in [0.1, 0.15) is 150 Å². The number of aliphatic imine (C=N–C) groups is 3. The van der Waals surface area contributed by atoms with Crippen molar-refractivity contribution < 1.29 is 36.6 Å². The Morgan fingerprint density at radius 2 is 0.839 bits per heavy atom. The maximum atomic E-state index is 15.2. The number of benzene rings is 3. The number of fused-ring (bicyclic) bond motifs is 9. The average molecular weight is 1760 g/mol. The summed E-state index contributed by atoms with van der Waals surface area (Å²) in [6, 6.07) is 34.7. The van der Waals surface area contributed by atoms with Crippen molar-refractivity contribution in [3.63, 3.8) is 0 Å². The van der Waals surface area contributed by atoms with Gasteiger partial charge in [0.1, 0.15) is 52.8 Å². The van der Waals surface area contributed by atoms with Crippen molar-refractivity contribution in [3.05, 3.63) is 261 Å². The third-order valence-corrected chi connectivity index (χ3v) is 23.9. The van der Waals surface area contributed by atoms with Crippen LogP contribution in [0.4, 0.5) is 44.6 Å². The number of nitrogen functional groups attached to an aromatic ring is 1. The van der Waals surface area contributed by atoms with Gasteiger partial charge in [0.05, 0.1) is 35.2 Å². The minimum atomic E-state index is -0.848. The quantitative estimate of drug-likeness (QED) is 0.0517. The molecule has 4 N–H and O–H groups in total. The number of anilines is 3. The number of carbonyl (C=O) groups excluding carboxylic acids is 2. The lowest BCUT2D eigenvalue weighted by Crippen LogP contribution is -2.29. The number of hydrogen-bond donors (Lipinski definition) is 3. The van der Waals surface area contributed by atoms with Gasteiger partial charge in [-0.25, -0.2) is 34.5 Å². The highest BCUT2D eigenvalue weighted by atomic mass is 35.5. The Morgan fingerprint density at radius 3 is 1.24 bits per heavy atom. The number of halogens is 8. The fourth-order valence-corrected chi connectivity index (χ4v) is 18.4. The standard InChI is InChI=1S/C30H25Cl2FN8O3.C30H26ClFN8O3.C25H17ClF2N8O/c1-30(2,3)44-29(43)37-24-7-5-16(28(33)36-24)20-12-21(35-27(20)32)26-19-11-18(19)23-8-14(9-25(42)41(23)26)17-10-15(31)4-6-22(17)40-13-34-38-39-40;1-30(2,3)43-29(42)36-25-7-5-18(28(32)35-25)16-8-22(33-13-16)27-21-12-20(21)24-9-15(10-26(41)40(24)27)19-11-17(31)4-6-23(19)39-14-34-37-38-39;26-12-1-3-19(35-10-30-33-34-35)14(7-12)11-5-20-15-8-16(15)23(36(20)22(37)6-11)18-9-17(25(28)31-18)13-2-4-21(29)32-24(13)27/h4-10,13,18-19,26H,11-12H2,1-3H3,(H,36,37,43);4-7,9-11,13-14,20-21,27H,8,12H2,1-3H3,(H,35,36,42);1-7,10,15-16,23H,8-9H2,(H2,29,32)/t18-,19+,26+;20-,21+,27+;15-,16+,23+/m111/s1. The first kappa shape index (κ1) is 80.4. The lowest BCUT2D eigenvalue weighted by molar-refractivity contribution is 0.0623. The number of tetrazole rings is 3. The van der Waals surface area contributed by atoms with E-state index in [-0.39, 0.29) is 122 Å².